The van der Waals surface area contributed by atoms with Crippen molar-refractivity contribution in [3.05, 3.63) is 63.7 Å². The van der Waals surface area contributed by atoms with Gasteiger partial charge in [0, 0.05) is 36.8 Å². The standard InChI is InChI=1S/C17H18ClN3O4S/c1-13-12-19(16-8-7-14(18)11-17(16)21(22)23)9-10-20(13)26(24,25)15-5-3-2-4-6-15/h2-8,11,13H,9-10,12H2,1H3. The van der Waals surface area contributed by atoms with Crippen LogP contribution in [0.4, 0.5) is 11.4 Å². The summed E-state index contributed by atoms with van der Waals surface area (Å²) < 4.78 is 27.1. The van der Waals surface area contributed by atoms with Crippen LogP contribution in [0.1, 0.15) is 6.92 Å². The van der Waals surface area contributed by atoms with Crippen LogP contribution in [0.2, 0.25) is 5.02 Å². The van der Waals surface area contributed by atoms with Crippen LogP contribution in [0.15, 0.2) is 53.4 Å². The van der Waals surface area contributed by atoms with Crippen molar-refractivity contribution in [3.63, 3.8) is 0 Å². The molecule has 0 spiro atoms. The fourth-order valence-electron chi connectivity index (χ4n) is 3.15. The number of sulfonamides is 1. The minimum Gasteiger partial charge on any atom is -0.363 e. The lowest BCUT2D eigenvalue weighted by Crippen LogP contribution is -2.54. The Morgan fingerprint density at radius 1 is 1.15 bits per heavy atom. The van der Waals surface area contributed by atoms with Crippen LogP contribution in [-0.2, 0) is 10.0 Å². The second-order valence-electron chi connectivity index (χ2n) is 6.11. The Morgan fingerprint density at radius 3 is 2.46 bits per heavy atom. The average Bonchev–Trinajstić information content (AvgIpc) is 2.62. The van der Waals surface area contributed by atoms with Crippen molar-refractivity contribution in [2.75, 3.05) is 24.5 Å². The fraction of sp³-hybridized carbons (Fsp3) is 0.294. The van der Waals surface area contributed by atoms with E-state index >= 15 is 0 Å². The average molecular weight is 396 g/mol. The van der Waals surface area contributed by atoms with E-state index in [0.717, 1.165) is 0 Å². The van der Waals surface area contributed by atoms with Gasteiger partial charge in [-0.2, -0.15) is 4.31 Å². The first-order valence-electron chi connectivity index (χ1n) is 8.06. The molecule has 9 heteroatoms. The summed E-state index contributed by atoms with van der Waals surface area (Å²) in [5.74, 6) is 0. The maximum absolute atomic E-state index is 12.8. The summed E-state index contributed by atoms with van der Waals surface area (Å²) in [6.07, 6.45) is 0. The summed E-state index contributed by atoms with van der Waals surface area (Å²) in [5.41, 5.74) is 0.368. The van der Waals surface area contributed by atoms with Gasteiger partial charge in [-0.1, -0.05) is 29.8 Å². The molecule has 1 saturated heterocycles. The summed E-state index contributed by atoms with van der Waals surface area (Å²) in [4.78, 5) is 12.9. The highest BCUT2D eigenvalue weighted by molar-refractivity contribution is 7.89. The number of anilines is 1. The van der Waals surface area contributed by atoms with Crippen LogP contribution in [-0.4, -0.2) is 43.3 Å². The maximum Gasteiger partial charge on any atom is 0.294 e. The molecular formula is C17H18ClN3O4S. The predicted octanol–water partition coefficient (Wildman–Crippen LogP) is 3.15. The summed E-state index contributed by atoms with van der Waals surface area (Å²) >= 11 is 5.87. The van der Waals surface area contributed by atoms with Crippen molar-refractivity contribution in [2.45, 2.75) is 17.9 Å². The highest BCUT2D eigenvalue weighted by Gasteiger charge is 2.35. The number of hydrogen-bond acceptors (Lipinski definition) is 5. The SMILES string of the molecule is CC1CN(c2ccc(Cl)cc2[N+](=O)[O-])CCN1S(=O)(=O)c1ccccc1. The van der Waals surface area contributed by atoms with E-state index in [1.165, 1.54) is 10.4 Å². The summed E-state index contributed by atoms with van der Waals surface area (Å²) in [6.45, 7) is 2.76. The molecule has 2 aromatic rings. The van der Waals surface area contributed by atoms with Gasteiger partial charge in [0.05, 0.1) is 9.82 Å². The summed E-state index contributed by atoms with van der Waals surface area (Å²) in [6, 6.07) is 12.5. The maximum atomic E-state index is 12.8. The molecule has 2 aromatic carbocycles. The predicted molar refractivity (Wildman–Crippen MR) is 100 cm³/mol. The number of benzene rings is 2. The van der Waals surface area contributed by atoms with Crippen LogP contribution < -0.4 is 4.90 Å². The lowest BCUT2D eigenvalue weighted by atomic mass is 10.2. The smallest absolute Gasteiger partial charge is 0.294 e. The molecule has 1 atom stereocenters. The van der Waals surface area contributed by atoms with Crippen LogP contribution in [0.3, 0.4) is 0 Å². The molecular weight excluding hydrogens is 378 g/mol. The molecule has 138 valence electrons. The van der Waals surface area contributed by atoms with Gasteiger partial charge in [0.1, 0.15) is 5.69 Å². The minimum atomic E-state index is -3.60. The molecule has 0 amide bonds. The van der Waals surface area contributed by atoms with Crippen molar-refractivity contribution in [1.82, 2.24) is 4.31 Å². The van der Waals surface area contributed by atoms with E-state index in [1.54, 1.807) is 49.4 Å². The van der Waals surface area contributed by atoms with E-state index in [0.29, 0.717) is 23.8 Å². The number of hydrogen-bond donors (Lipinski definition) is 0. The highest BCUT2D eigenvalue weighted by Crippen LogP contribution is 2.33. The first-order chi connectivity index (χ1) is 12.3. The van der Waals surface area contributed by atoms with Gasteiger partial charge in [-0.3, -0.25) is 10.1 Å². The summed E-state index contributed by atoms with van der Waals surface area (Å²) in [5, 5.41) is 11.6. The quantitative estimate of drug-likeness (QED) is 0.586. The molecule has 0 radical (unpaired) electrons. The minimum absolute atomic E-state index is 0.0796. The van der Waals surface area contributed by atoms with Crippen LogP contribution in [0.25, 0.3) is 0 Å². The third-order valence-corrected chi connectivity index (χ3v) is 6.65. The lowest BCUT2D eigenvalue weighted by molar-refractivity contribution is -0.384. The monoisotopic (exact) mass is 395 g/mol. The third-order valence-electron chi connectivity index (χ3n) is 4.39. The molecule has 3 rings (SSSR count). The van der Waals surface area contributed by atoms with E-state index < -0.39 is 14.9 Å². The zero-order chi connectivity index (χ0) is 18.9. The third kappa shape index (κ3) is 3.53. The van der Waals surface area contributed by atoms with E-state index in [2.05, 4.69) is 0 Å². The normalized spacial score (nSPS) is 18.7. The molecule has 0 N–H and O–H groups in total. The second-order valence-corrected chi connectivity index (χ2v) is 8.44. The Kier molecular flexibility index (Phi) is 5.17. The second kappa shape index (κ2) is 7.22. The van der Waals surface area contributed by atoms with E-state index in [1.807, 2.05) is 4.90 Å². The number of nitrogens with zero attached hydrogens (tertiary/aromatic N) is 3. The lowest BCUT2D eigenvalue weighted by Gasteiger charge is -2.39. The van der Waals surface area contributed by atoms with Gasteiger partial charge in [0.2, 0.25) is 10.0 Å². The fourth-order valence-corrected chi connectivity index (χ4v) is 4.96. The van der Waals surface area contributed by atoms with Gasteiger partial charge < -0.3 is 4.90 Å². The first kappa shape index (κ1) is 18.6. The molecule has 1 fully saturated rings. The van der Waals surface area contributed by atoms with Crippen molar-refractivity contribution < 1.29 is 13.3 Å². The van der Waals surface area contributed by atoms with Gasteiger partial charge >= 0.3 is 0 Å². The first-order valence-corrected chi connectivity index (χ1v) is 9.88. The number of nitro benzene ring substituents is 1. The number of piperazine rings is 1. The Balaban J connectivity index is 1.85. The van der Waals surface area contributed by atoms with E-state index in [4.69, 9.17) is 11.6 Å². The van der Waals surface area contributed by atoms with Crippen molar-refractivity contribution >= 4 is 33.0 Å². The molecule has 1 aliphatic rings. The molecule has 0 aromatic heterocycles. The Bertz CT molecular complexity index is 921. The number of rotatable bonds is 4. The molecule has 0 bridgehead atoms. The van der Waals surface area contributed by atoms with Gasteiger partial charge in [0.25, 0.3) is 5.69 Å². The van der Waals surface area contributed by atoms with E-state index in [-0.39, 0.29) is 23.2 Å². The molecule has 1 aliphatic heterocycles. The van der Waals surface area contributed by atoms with Gasteiger partial charge in [-0.15, -0.1) is 0 Å². The molecule has 1 unspecified atom stereocenters. The van der Waals surface area contributed by atoms with Crippen LogP contribution in [0.5, 0.6) is 0 Å². The molecule has 0 saturated carbocycles. The largest absolute Gasteiger partial charge is 0.363 e. The summed E-state index contributed by atoms with van der Waals surface area (Å²) in [7, 11) is -3.60. The Labute approximate surface area is 157 Å². The zero-order valence-corrected chi connectivity index (χ0v) is 15.7. The highest BCUT2D eigenvalue weighted by atomic mass is 35.5. The topological polar surface area (TPSA) is 83.8 Å². The van der Waals surface area contributed by atoms with Crippen LogP contribution in [0, 0.1) is 10.1 Å². The number of nitro groups is 1. The van der Waals surface area contributed by atoms with Crippen molar-refractivity contribution in [1.29, 1.82) is 0 Å². The molecule has 7 nitrogen and oxygen atoms in total. The van der Waals surface area contributed by atoms with Gasteiger partial charge in [-0.25, -0.2) is 8.42 Å². The number of halogens is 1. The van der Waals surface area contributed by atoms with Gasteiger partial charge in [0.15, 0.2) is 0 Å². The molecule has 0 aliphatic carbocycles. The van der Waals surface area contributed by atoms with Crippen molar-refractivity contribution in [3.8, 4) is 0 Å². The Hall–Kier alpha value is -2.16. The van der Waals surface area contributed by atoms with Crippen molar-refractivity contribution in [2.24, 2.45) is 0 Å². The Morgan fingerprint density at radius 2 is 1.85 bits per heavy atom. The van der Waals surface area contributed by atoms with E-state index in [9.17, 15) is 18.5 Å². The van der Waals surface area contributed by atoms with Crippen LogP contribution >= 0.6 is 11.6 Å². The molecule has 1 heterocycles. The van der Waals surface area contributed by atoms with Gasteiger partial charge in [-0.05, 0) is 31.2 Å². The zero-order valence-electron chi connectivity index (χ0n) is 14.1. The molecule has 26 heavy (non-hydrogen) atoms.